The van der Waals surface area contributed by atoms with Gasteiger partial charge < -0.3 is 9.73 Å². The van der Waals surface area contributed by atoms with Crippen LogP contribution in [-0.4, -0.2) is 72.7 Å². The van der Waals surface area contributed by atoms with E-state index < -0.39 is 21.5 Å². The summed E-state index contributed by atoms with van der Waals surface area (Å²) in [5.74, 6) is 0.178. The first kappa shape index (κ1) is 32.8. The Balaban J connectivity index is 1.39. The van der Waals surface area contributed by atoms with E-state index in [0.29, 0.717) is 78.9 Å². The molecule has 1 N–H and O–H groups in total. The Hall–Kier alpha value is -5.40. The van der Waals surface area contributed by atoms with Crippen LogP contribution in [0.25, 0.3) is 61.0 Å². The smallest absolute Gasteiger partial charge is 0.255 e. The number of aryl methyl sites for hydroxylation is 1. The van der Waals surface area contributed by atoms with Gasteiger partial charge in [-0.05, 0) is 50.2 Å². The molecule has 0 atom stereocenters. The number of nitrogens with one attached hydrogen (secondary N) is 1. The van der Waals surface area contributed by atoms with Crippen molar-refractivity contribution in [2.45, 2.75) is 26.1 Å². The van der Waals surface area contributed by atoms with Crippen LogP contribution in [-0.2, 0) is 16.6 Å². The molecule has 0 unspecified atom stereocenters. The fraction of sp³-hybridized carbons (Fsp3) is 0.237. The first-order chi connectivity index (χ1) is 24.2. The third kappa shape index (κ3) is 5.47. The fourth-order valence-corrected chi connectivity index (χ4v) is 7.56. The molecule has 1 aliphatic heterocycles. The van der Waals surface area contributed by atoms with Gasteiger partial charge in [0.1, 0.15) is 34.2 Å². The molecule has 0 spiro atoms. The molecule has 3 aromatic carbocycles. The summed E-state index contributed by atoms with van der Waals surface area (Å²) in [6.07, 6.45) is 1.10. The van der Waals surface area contributed by atoms with Gasteiger partial charge in [-0.15, -0.1) is 0 Å². The van der Waals surface area contributed by atoms with Crippen molar-refractivity contribution in [1.29, 1.82) is 0 Å². The number of carbonyl (C=O) groups is 1. The van der Waals surface area contributed by atoms with E-state index in [1.54, 1.807) is 49.4 Å². The number of hydrogen-bond donors (Lipinski definition) is 1. The van der Waals surface area contributed by atoms with Crippen molar-refractivity contribution in [2.75, 3.05) is 37.7 Å². The van der Waals surface area contributed by atoms with E-state index >= 15 is 4.39 Å². The lowest BCUT2D eigenvalue weighted by molar-refractivity contribution is -0.0240. The molecule has 4 aromatic heterocycles. The molecule has 0 aliphatic carbocycles. The molecule has 0 radical (unpaired) electrons. The number of hydrogen-bond acceptors (Lipinski definition) is 7. The van der Waals surface area contributed by atoms with Gasteiger partial charge in [0.2, 0.25) is 10.0 Å². The SMILES string of the molecule is CNC(=O)c1c(-c2ccc(C)cc2)oc2cc(N(C)S(C)(=O)=O)c(-c3ccc4nc(CN5CC(C)(F)C5)n5c6cccc(F)c6cc5c4n3)cc12. The predicted octanol–water partition coefficient (Wildman–Crippen LogP) is 6.86. The maximum atomic E-state index is 15.2. The van der Waals surface area contributed by atoms with E-state index in [9.17, 15) is 17.6 Å². The number of halogens is 2. The highest BCUT2D eigenvalue weighted by atomic mass is 32.2. The number of pyridine rings is 1. The lowest BCUT2D eigenvalue weighted by atomic mass is 9.99. The summed E-state index contributed by atoms with van der Waals surface area (Å²) >= 11 is 0. The molecule has 1 amide bonds. The van der Waals surface area contributed by atoms with E-state index in [0.717, 1.165) is 16.1 Å². The molecule has 13 heteroatoms. The Morgan fingerprint density at radius 2 is 1.76 bits per heavy atom. The number of fused-ring (bicyclic) bond motifs is 6. The highest BCUT2D eigenvalue weighted by Gasteiger charge is 2.39. The Bertz CT molecular complexity index is 2680. The molecule has 260 valence electrons. The van der Waals surface area contributed by atoms with Gasteiger partial charge >= 0.3 is 0 Å². The maximum Gasteiger partial charge on any atom is 0.255 e. The molecule has 10 nitrogen and oxygen atoms in total. The van der Waals surface area contributed by atoms with Crippen LogP contribution in [0.2, 0.25) is 0 Å². The van der Waals surface area contributed by atoms with Gasteiger partial charge in [0.05, 0.1) is 46.3 Å². The third-order valence-electron chi connectivity index (χ3n) is 9.58. The van der Waals surface area contributed by atoms with Crippen LogP contribution in [0.5, 0.6) is 0 Å². The van der Waals surface area contributed by atoms with Crippen molar-refractivity contribution in [1.82, 2.24) is 24.6 Å². The zero-order valence-electron chi connectivity index (χ0n) is 28.6. The number of carbonyl (C=O) groups excluding carboxylic acids is 1. The van der Waals surface area contributed by atoms with Gasteiger partial charge in [0.15, 0.2) is 0 Å². The van der Waals surface area contributed by atoms with Gasteiger partial charge in [-0.2, -0.15) is 0 Å². The standard InChI is InChI=1S/C38H34F2N6O4S/c1-21-9-11-22(12-10-21)36-34(37(47)41-3)25-15-24(30(17-32(25)50-36)44(4)51(5,48)49)27-13-14-28-35(43-27)31-16-23-26(39)7-6-8-29(23)46(31)33(42-28)18-45-19-38(2,40)20-45/h6-17H,18-20H2,1-5H3,(H,41,47). The van der Waals surface area contributed by atoms with Crippen LogP contribution in [0.4, 0.5) is 14.5 Å². The number of aromatic nitrogens is 3. The molecule has 5 heterocycles. The quantitative estimate of drug-likeness (QED) is 0.193. The lowest BCUT2D eigenvalue weighted by Crippen LogP contribution is -2.56. The Labute approximate surface area is 292 Å². The van der Waals surface area contributed by atoms with Crippen molar-refractivity contribution in [3.8, 4) is 22.6 Å². The second-order valence-electron chi connectivity index (χ2n) is 13.5. The second-order valence-corrected chi connectivity index (χ2v) is 15.5. The van der Waals surface area contributed by atoms with Gasteiger partial charge in [-0.25, -0.2) is 27.2 Å². The number of alkyl halides is 1. The molecule has 7 aromatic rings. The largest absolute Gasteiger partial charge is 0.455 e. The van der Waals surface area contributed by atoms with E-state index in [1.165, 1.54) is 20.2 Å². The van der Waals surface area contributed by atoms with Crippen molar-refractivity contribution >= 4 is 60.0 Å². The van der Waals surface area contributed by atoms with Crippen molar-refractivity contribution in [3.63, 3.8) is 0 Å². The Kier molecular flexibility index (Phi) is 7.44. The average Bonchev–Trinajstić information content (AvgIpc) is 3.66. The summed E-state index contributed by atoms with van der Waals surface area (Å²) in [5, 5.41) is 3.56. The number of sulfonamides is 1. The molecule has 51 heavy (non-hydrogen) atoms. The topological polar surface area (TPSA) is 113 Å². The van der Waals surface area contributed by atoms with Gasteiger partial charge in [-0.3, -0.25) is 18.4 Å². The number of likely N-dealkylation sites (tertiary alicyclic amines) is 1. The molecule has 0 bridgehead atoms. The van der Waals surface area contributed by atoms with Crippen LogP contribution in [0, 0.1) is 12.7 Å². The van der Waals surface area contributed by atoms with E-state index in [4.69, 9.17) is 14.4 Å². The number of amides is 1. The zero-order chi connectivity index (χ0) is 36.0. The van der Waals surface area contributed by atoms with Gasteiger partial charge in [0, 0.05) is 55.2 Å². The summed E-state index contributed by atoms with van der Waals surface area (Å²) in [5.41, 5.74) is 4.34. The predicted molar refractivity (Wildman–Crippen MR) is 195 cm³/mol. The van der Waals surface area contributed by atoms with Crippen LogP contribution < -0.4 is 9.62 Å². The normalized spacial score (nSPS) is 14.8. The third-order valence-corrected chi connectivity index (χ3v) is 10.8. The van der Waals surface area contributed by atoms with Crippen molar-refractivity contribution < 1.29 is 26.4 Å². The first-order valence-electron chi connectivity index (χ1n) is 16.4. The van der Waals surface area contributed by atoms with Crippen molar-refractivity contribution in [3.05, 3.63) is 95.6 Å². The molecular weight excluding hydrogens is 675 g/mol. The first-order valence-corrected chi connectivity index (χ1v) is 18.2. The van der Waals surface area contributed by atoms with Crippen LogP contribution in [0.3, 0.4) is 0 Å². The minimum Gasteiger partial charge on any atom is -0.455 e. The van der Waals surface area contributed by atoms with Gasteiger partial charge in [0.25, 0.3) is 5.91 Å². The summed E-state index contributed by atoms with van der Waals surface area (Å²) in [4.78, 5) is 25.4. The minimum atomic E-state index is -3.76. The minimum absolute atomic E-state index is 0.260. The summed E-state index contributed by atoms with van der Waals surface area (Å²) in [7, 11) is -0.787. The van der Waals surface area contributed by atoms with Crippen LogP contribution in [0.1, 0.15) is 28.7 Å². The van der Waals surface area contributed by atoms with Crippen molar-refractivity contribution in [2.24, 2.45) is 0 Å². The Morgan fingerprint density at radius 3 is 2.45 bits per heavy atom. The maximum absolute atomic E-state index is 15.2. The molecule has 1 saturated heterocycles. The molecule has 1 fully saturated rings. The van der Waals surface area contributed by atoms with E-state index in [1.807, 2.05) is 40.5 Å². The summed E-state index contributed by atoms with van der Waals surface area (Å²) in [6.45, 7) is 4.39. The lowest BCUT2D eigenvalue weighted by Gasteiger charge is -2.42. The number of nitrogens with zero attached hydrogens (tertiary/aromatic N) is 5. The van der Waals surface area contributed by atoms with Crippen LogP contribution in [0.15, 0.2) is 77.2 Å². The number of anilines is 1. The highest BCUT2D eigenvalue weighted by Crippen LogP contribution is 2.42. The van der Waals surface area contributed by atoms with E-state index in [2.05, 4.69) is 5.32 Å². The van der Waals surface area contributed by atoms with Crippen LogP contribution >= 0.6 is 0 Å². The fourth-order valence-electron chi connectivity index (χ4n) is 7.06. The number of rotatable bonds is 7. The van der Waals surface area contributed by atoms with Gasteiger partial charge in [-0.1, -0.05) is 35.9 Å². The summed E-state index contributed by atoms with van der Waals surface area (Å²) in [6, 6.07) is 21.0. The number of benzene rings is 3. The van der Waals surface area contributed by atoms with E-state index in [-0.39, 0.29) is 24.7 Å². The molecule has 8 rings (SSSR count). The molecule has 0 saturated carbocycles. The zero-order valence-corrected chi connectivity index (χ0v) is 29.4. The Morgan fingerprint density at radius 1 is 1.02 bits per heavy atom. The average molecular weight is 709 g/mol. The molecular formula is C38H34F2N6O4S. The molecule has 1 aliphatic rings. The monoisotopic (exact) mass is 708 g/mol. The second kappa shape index (κ2) is 11.6. The number of furan rings is 1. The highest BCUT2D eigenvalue weighted by molar-refractivity contribution is 7.92. The summed E-state index contributed by atoms with van der Waals surface area (Å²) < 4.78 is 64.9.